The number of alkyl halides is 3. The van der Waals surface area contributed by atoms with Crippen LogP contribution in [0.3, 0.4) is 0 Å². The molecule has 0 saturated carbocycles. The summed E-state index contributed by atoms with van der Waals surface area (Å²) in [6.07, 6.45) is -1.36. The number of carbonyl (C=O) groups excluding carboxylic acids is 1. The van der Waals surface area contributed by atoms with Crippen LogP contribution in [0.4, 0.5) is 24.8 Å². The Balaban J connectivity index is 2.20. The molecule has 1 aromatic heterocycles. The number of anilines is 2. The minimum Gasteiger partial charge on any atom is -0.468 e. The SMILES string of the molecule is COC(=O)C(c1cc(Cl)cc2c1N(c1ncccn1)CC2)C(F)(F)F. The Bertz CT molecular complexity index is 799. The average Bonchev–Trinajstić information content (AvgIpc) is 2.98. The average molecular weight is 372 g/mol. The van der Waals surface area contributed by atoms with Gasteiger partial charge in [0.2, 0.25) is 5.95 Å². The van der Waals surface area contributed by atoms with Crippen LogP contribution in [-0.4, -0.2) is 35.8 Å². The van der Waals surface area contributed by atoms with E-state index in [0.717, 1.165) is 13.2 Å². The molecular formula is C16H13ClF3N3O2. The first-order valence-electron chi connectivity index (χ1n) is 7.34. The summed E-state index contributed by atoms with van der Waals surface area (Å²) < 4.78 is 45.1. The Morgan fingerprint density at radius 3 is 2.60 bits per heavy atom. The molecule has 2 aromatic rings. The van der Waals surface area contributed by atoms with Crippen molar-refractivity contribution in [2.24, 2.45) is 0 Å². The van der Waals surface area contributed by atoms with Gasteiger partial charge in [0.1, 0.15) is 0 Å². The first-order valence-corrected chi connectivity index (χ1v) is 7.72. The van der Waals surface area contributed by atoms with Crippen LogP contribution in [0.15, 0.2) is 30.6 Å². The van der Waals surface area contributed by atoms with E-state index in [4.69, 9.17) is 11.6 Å². The summed E-state index contributed by atoms with van der Waals surface area (Å²) in [5.74, 6) is -3.57. The summed E-state index contributed by atoms with van der Waals surface area (Å²) in [6, 6.07) is 4.35. The predicted octanol–water partition coefficient (Wildman–Crippen LogP) is 3.64. The number of hydrogen-bond acceptors (Lipinski definition) is 5. The highest BCUT2D eigenvalue weighted by molar-refractivity contribution is 6.31. The molecule has 1 aliphatic rings. The Labute approximate surface area is 146 Å². The molecule has 0 bridgehead atoms. The van der Waals surface area contributed by atoms with Gasteiger partial charge in [0.15, 0.2) is 5.92 Å². The van der Waals surface area contributed by atoms with E-state index >= 15 is 0 Å². The summed E-state index contributed by atoms with van der Waals surface area (Å²) in [4.78, 5) is 21.6. The quantitative estimate of drug-likeness (QED) is 0.771. The zero-order valence-corrected chi connectivity index (χ0v) is 13.8. The summed E-state index contributed by atoms with van der Waals surface area (Å²) in [5, 5.41) is 0.128. The van der Waals surface area contributed by atoms with E-state index in [9.17, 15) is 18.0 Å². The fraction of sp³-hybridized carbons (Fsp3) is 0.312. The lowest BCUT2D eigenvalue weighted by atomic mass is 9.94. The van der Waals surface area contributed by atoms with E-state index in [1.54, 1.807) is 17.0 Å². The minimum atomic E-state index is -4.82. The number of halogens is 4. The number of rotatable bonds is 3. The number of aromatic nitrogens is 2. The molecule has 0 N–H and O–H groups in total. The Morgan fingerprint density at radius 2 is 2.00 bits per heavy atom. The van der Waals surface area contributed by atoms with Gasteiger partial charge in [-0.05, 0) is 30.2 Å². The van der Waals surface area contributed by atoms with E-state index in [0.29, 0.717) is 18.5 Å². The van der Waals surface area contributed by atoms with Crippen molar-refractivity contribution in [3.8, 4) is 0 Å². The molecule has 0 aliphatic carbocycles. The van der Waals surface area contributed by atoms with Crippen LogP contribution >= 0.6 is 11.6 Å². The molecule has 3 rings (SSSR count). The van der Waals surface area contributed by atoms with Crippen LogP contribution in [0, 0.1) is 0 Å². The van der Waals surface area contributed by atoms with E-state index in [1.807, 2.05) is 0 Å². The minimum absolute atomic E-state index is 0.128. The largest absolute Gasteiger partial charge is 0.468 e. The zero-order valence-electron chi connectivity index (χ0n) is 13.0. The van der Waals surface area contributed by atoms with Gasteiger partial charge >= 0.3 is 12.1 Å². The molecule has 1 aliphatic heterocycles. The van der Waals surface area contributed by atoms with E-state index in [-0.39, 0.29) is 22.2 Å². The number of benzene rings is 1. The molecule has 1 unspecified atom stereocenters. The van der Waals surface area contributed by atoms with Crippen molar-refractivity contribution in [3.63, 3.8) is 0 Å². The van der Waals surface area contributed by atoms with Crippen molar-refractivity contribution in [2.75, 3.05) is 18.6 Å². The Morgan fingerprint density at radius 1 is 1.32 bits per heavy atom. The predicted molar refractivity (Wildman–Crippen MR) is 85.0 cm³/mol. The maximum Gasteiger partial charge on any atom is 0.406 e. The molecule has 0 radical (unpaired) electrons. The molecular weight excluding hydrogens is 359 g/mol. The zero-order chi connectivity index (χ0) is 18.2. The van der Waals surface area contributed by atoms with E-state index in [2.05, 4.69) is 14.7 Å². The Hall–Kier alpha value is -2.35. The number of esters is 1. The van der Waals surface area contributed by atoms with Crippen molar-refractivity contribution in [2.45, 2.75) is 18.5 Å². The third-order valence-electron chi connectivity index (χ3n) is 3.93. The van der Waals surface area contributed by atoms with Gasteiger partial charge in [-0.3, -0.25) is 4.79 Å². The first-order chi connectivity index (χ1) is 11.8. The Kier molecular flexibility index (Phi) is 4.55. The van der Waals surface area contributed by atoms with Crippen molar-refractivity contribution >= 4 is 29.2 Å². The highest BCUT2D eigenvalue weighted by atomic mass is 35.5. The molecule has 132 valence electrons. The number of hydrogen-bond donors (Lipinski definition) is 0. The van der Waals surface area contributed by atoms with Crippen LogP contribution in [0.5, 0.6) is 0 Å². The van der Waals surface area contributed by atoms with Crippen molar-refractivity contribution < 1.29 is 22.7 Å². The fourth-order valence-electron chi connectivity index (χ4n) is 2.95. The lowest BCUT2D eigenvalue weighted by Crippen LogP contribution is -2.31. The standard InChI is InChI=1S/C16H13ClF3N3O2/c1-25-14(24)12(16(18,19)20)11-8-10(17)7-9-3-6-23(13(9)11)15-21-4-2-5-22-15/h2,4-5,7-8,12H,3,6H2,1H3. The van der Waals surface area contributed by atoms with E-state index < -0.39 is 18.1 Å². The first kappa shape index (κ1) is 17.5. The van der Waals surface area contributed by atoms with Gasteiger partial charge in [0.25, 0.3) is 0 Å². The van der Waals surface area contributed by atoms with Gasteiger partial charge in [0, 0.05) is 29.5 Å². The summed E-state index contributed by atoms with van der Waals surface area (Å²) in [5.41, 5.74) is 0.600. The lowest BCUT2D eigenvalue weighted by Gasteiger charge is -2.25. The molecule has 9 heteroatoms. The number of nitrogens with zero attached hydrogens (tertiary/aromatic N) is 3. The van der Waals surface area contributed by atoms with Crippen LogP contribution in [-0.2, 0) is 16.0 Å². The second-order valence-corrected chi connectivity index (χ2v) is 5.89. The van der Waals surface area contributed by atoms with Crippen LogP contribution in [0.25, 0.3) is 0 Å². The third kappa shape index (κ3) is 3.26. The molecule has 0 amide bonds. The molecule has 5 nitrogen and oxygen atoms in total. The van der Waals surface area contributed by atoms with Crippen LogP contribution in [0.1, 0.15) is 17.0 Å². The number of methoxy groups -OCH3 is 1. The van der Waals surface area contributed by atoms with Gasteiger partial charge in [-0.2, -0.15) is 13.2 Å². The third-order valence-corrected chi connectivity index (χ3v) is 4.14. The molecule has 1 atom stereocenters. The number of ether oxygens (including phenoxy) is 1. The summed E-state index contributed by atoms with van der Waals surface area (Å²) >= 11 is 6.00. The van der Waals surface area contributed by atoms with E-state index in [1.165, 1.54) is 12.4 Å². The van der Waals surface area contributed by atoms with Gasteiger partial charge in [-0.15, -0.1) is 0 Å². The van der Waals surface area contributed by atoms with Gasteiger partial charge in [-0.1, -0.05) is 11.6 Å². The molecule has 0 fully saturated rings. The van der Waals surface area contributed by atoms with Crippen LogP contribution < -0.4 is 4.90 Å². The van der Waals surface area contributed by atoms with Crippen LogP contribution in [0.2, 0.25) is 5.02 Å². The van der Waals surface area contributed by atoms with Gasteiger partial charge < -0.3 is 9.64 Å². The monoisotopic (exact) mass is 371 g/mol. The number of fused-ring (bicyclic) bond motifs is 1. The molecule has 0 saturated heterocycles. The van der Waals surface area contributed by atoms with Gasteiger partial charge in [0.05, 0.1) is 12.8 Å². The lowest BCUT2D eigenvalue weighted by molar-refractivity contribution is -0.179. The summed E-state index contributed by atoms with van der Waals surface area (Å²) in [6.45, 7) is 0.387. The van der Waals surface area contributed by atoms with Crippen molar-refractivity contribution in [1.82, 2.24) is 9.97 Å². The molecule has 0 spiro atoms. The summed E-state index contributed by atoms with van der Waals surface area (Å²) in [7, 11) is 0.921. The molecule has 25 heavy (non-hydrogen) atoms. The highest BCUT2D eigenvalue weighted by Crippen LogP contribution is 2.46. The maximum atomic E-state index is 13.6. The van der Waals surface area contributed by atoms with Crippen molar-refractivity contribution in [3.05, 3.63) is 46.7 Å². The highest BCUT2D eigenvalue weighted by Gasteiger charge is 2.49. The topological polar surface area (TPSA) is 55.3 Å². The second-order valence-electron chi connectivity index (χ2n) is 5.45. The van der Waals surface area contributed by atoms with Gasteiger partial charge in [-0.25, -0.2) is 9.97 Å². The van der Waals surface area contributed by atoms with Crippen molar-refractivity contribution in [1.29, 1.82) is 0 Å². The fourth-order valence-corrected chi connectivity index (χ4v) is 3.20. The normalized spacial score (nSPS) is 15.0. The smallest absolute Gasteiger partial charge is 0.406 e. The second kappa shape index (κ2) is 6.51. The molecule has 1 aromatic carbocycles. The molecule has 2 heterocycles. The maximum absolute atomic E-state index is 13.6. The number of carbonyl (C=O) groups is 1.